The summed E-state index contributed by atoms with van der Waals surface area (Å²) in [4.78, 5) is 41.7. The SMILES string of the molecule is C=CC=C.O=C1C=CC(=O)O1.O=C1OC(=O)C2CC=CCC12. The van der Waals surface area contributed by atoms with Crippen molar-refractivity contribution in [2.75, 3.05) is 0 Å². The summed E-state index contributed by atoms with van der Waals surface area (Å²) in [7, 11) is 0. The molecule has 0 radical (unpaired) electrons. The Morgan fingerprint density at radius 2 is 1.23 bits per heavy atom. The summed E-state index contributed by atoms with van der Waals surface area (Å²) in [5, 5.41) is 0. The van der Waals surface area contributed by atoms with Crippen LogP contribution in [0.5, 0.6) is 0 Å². The van der Waals surface area contributed by atoms with Gasteiger partial charge in [0.05, 0.1) is 11.8 Å². The molecule has 0 N–H and O–H groups in total. The summed E-state index contributed by atoms with van der Waals surface area (Å²) in [6, 6.07) is 0. The molecule has 2 aliphatic heterocycles. The van der Waals surface area contributed by atoms with Crippen molar-refractivity contribution in [1.82, 2.24) is 0 Å². The molecule has 0 aromatic carbocycles. The summed E-state index contributed by atoms with van der Waals surface area (Å²) < 4.78 is 8.46. The Morgan fingerprint density at radius 3 is 1.50 bits per heavy atom. The highest BCUT2D eigenvalue weighted by Gasteiger charge is 2.43. The Labute approximate surface area is 127 Å². The first kappa shape index (κ1) is 17.3. The lowest BCUT2D eigenvalue weighted by Gasteiger charge is -2.12. The minimum absolute atomic E-state index is 0.188. The molecule has 0 aromatic heterocycles. The number of esters is 4. The van der Waals surface area contributed by atoms with Crippen molar-refractivity contribution in [3.05, 3.63) is 49.6 Å². The molecule has 1 saturated heterocycles. The van der Waals surface area contributed by atoms with Gasteiger partial charge in [-0.05, 0) is 12.8 Å². The fourth-order valence-electron chi connectivity index (χ4n) is 1.89. The van der Waals surface area contributed by atoms with Crippen LogP contribution in [0.2, 0.25) is 0 Å². The standard InChI is InChI=1S/C8H8O3.C4H2O3.C4H6/c9-7-5-3-1-2-4-6(5)8(10)11-7;5-3-1-2-4(6)7-3;1-3-4-2/h1-2,5-6H,3-4H2;1-2H;3-4H,1-2H2. The van der Waals surface area contributed by atoms with Gasteiger partial charge >= 0.3 is 23.9 Å². The van der Waals surface area contributed by atoms with Gasteiger partial charge in [0.2, 0.25) is 0 Å². The predicted octanol–water partition coefficient (Wildman–Crippen LogP) is 1.64. The molecule has 2 unspecified atom stereocenters. The summed E-state index contributed by atoms with van der Waals surface area (Å²) in [5.41, 5.74) is 0. The summed E-state index contributed by atoms with van der Waals surface area (Å²) in [6.45, 7) is 6.72. The molecule has 2 heterocycles. The van der Waals surface area contributed by atoms with E-state index in [4.69, 9.17) is 0 Å². The third-order valence-electron chi connectivity index (χ3n) is 2.96. The molecule has 1 aliphatic carbocycles. The van der Waals surface area contributed by atoms with Gasteiger partial charge in [0.25, 0.3) is 0 Å². The second-order valence-corrected chi connectivity index (χ2v) is 4.44. The number of carbonyl (C=O) groups is 4. The van der Waals surface area contributed by atoms with Gasteiger partial charge in [0, 0.05) is 12.2 Å². The zero-order valence-corrected chi connectivity index (χ0v) is 11.9. The number of fused-ring (bicyclic) bond motifs is 1. The molecule has 3 rings (SSSR count). The van der Waals surface area contributed by atoms with E-state index >= 15 is 0 Å². The molecule has 0 spiro atoms. The first-order valence-electron chi connectivity index (χ1n) is 6.57. The third kappa shape index (κ3) is 4.97. The van der Waals surface area contributed by atoms with Crippen LogP contribution in [0.25, 0.3) is 0 Å². The maximum Gasteiger partial charge on any atom is 0.338 e. The highest BCUT2D eigenvalue weighted by Crippen LogP contribution is 2.32. The molecule has 6 nitrogen and oxygen atoms in total. The van der Waals surface area contributed by atoms with Gasteiger partial charge < -0.3 is 9.47 Å². The van der Waals surface area contributed by atoms with Crippen molar-refractivity contribution in [2.24, 2.45) is 11.8 Å². The van der Waals surface area contributed by atoms with Gasteiger partial charge in [-0.25, -0.2) is 9.59 Å². The highest BCUT2D eigenvalue weighted by atomic mass is 16.6. The zero-order valence-electron chi connectivity index (χ0n) is 11.9. The minimum Gasteiger partial charge on any atom is -0.393 e. The number of cyclic esters (lactones) is 4. The quantitative estimate of drug-likeness (QED) is 0.317. The van der Waals surface area contributed by atoms with E-state index in [9.17, 15) is 19.2 Å². The van der Waals surface area contributed by atoms with E-state index in [0.717, 1.165) is 12.2 Å². The van der Waals surface area contributed by atoms with Crippen molar-refractivity contribution in [3.63, 3.8) is 0 Å². The number of allylic oxidation sites excluding steroid dienone is 4. The average Bonchev–Trinajstić information content (AvgIpc) is 3.03. The van der Waals surface area contributed by atoms with Crippen molar-refractivity contribution < 1.29 is 28.7 Å². The molecule has 3 aliphatic rings. The van der Waals surface area contributed by atoms with Gasteiger partial charge in [-0.15, -0.1) is 0 Å². The van der Waals surface area contributed by atoms with E-state index in [1.165, 1.54) is 0 Å². The number of hydrogen-bond acceptors (Lipinski definition) is 6. The lowest BCUT2D eigenvalue weighted by molar-refractivity contribution is -0.154. The molecule has 116 valence electrons. The van der Waals surface area contributed by atoms with E-state index in [2.05, 4.69) is 22.6 Å². The monoisotopic (exact) mass is 304 g/mol. The topological polar surface area (TPSA) is 86.7 Å². The smallest absolute Gasteiger partial charge is 0.338 e. The summed E-state index contributed by atoms with van der Waals surface area (Å²) in [6.07, 6.45) is 10.6. The van der Waals surface area contributed by atoms with Crippen molar-refractivity contribution in [3.8, 4) is 0 Å². The second kappa shape index (κ2) is 8.51. The van der Waals surface area contributed by atoms with Crippen LogP contribution in [0.1, 0.15) is 12.8 Å². The van der Waals surface area contributed by atoms with Crippen LogP contribution in [0.3, 0.4) is 0 Å². The summed E-state index contributed by atoms with van der Waals surface area (Å²) >= 11 is 0. The Hall–Kier alpha value is -2.76. The van der Waals surface area contributed by atoms with E-state index in [-0.39, 0.29) is 23.8 Å². The van der Waals surface area contributed by atoms with Crippen molar-refractivity contribution in [1.29, 1.82) is 0 Å². The fourth-order valence-corrected chi connectivity index (χ4v) is 1.89. The molecule has 2 atom stereocenters. The molecule has 1 fully saturated rings. The van der Waals surface area contributed by atoms with Crippen LogP contribution in [0.4, 0.5) is 0 Å². The van der Waals surface area contributed by atoms with Gasteiger partial charge in [0.1, 0.15) is 0 Å². The maximum atomic E-state index is 10.9. The molecule has 0 bridgehead atoms. The zero-order chi connectivity index (χ0) is 16.5. The van der Waals surface area contributed by atoms with Crippen LogP contribution in [-0.4, -0.2) is 23.9 Å². The highest BCUT2D eigenvalue weighted by molar-refractivity contribution is 6.04. The molecule has 0 saturated carbocycles. The van der Waals surface area contributed by atoms with E-state index in [1.54, 1.807) is 12.2 Å². The van der Waals surface area contributed by atoms with Crippen LogP contribution < -0.4 is 0 Å². The largest absolute Gasteiger partial charge is 0.393 e. The van der Waals surface area contributed by atoms with Crippen LogP contribution in [0.15, 0.2) is 49.6 Å². The lowest BCUT2D eigenvalue weighted by atomic mass is 9.85. The Balaban J connectivity index is 0.000000190. The average molecular weight is 304 g/mol. The van der Waals surface area contributed by atoms with E-state index in [1.807, 2.05) is 12.2 Å². The van der Waals surface area contributed by atoms with E-state index < -0.39 is 11.9 Å². The summed E-state index contributed by atoms with van der Waals surface area (Å²) in [5.74, 6) is -2.22. The minimum atomic E-state index is -0.579. The number of carbonyl (C=O) groups excluding carboxylic acids is 4. The molecule has 22 heavy (non-hydrogen) atoms. The number of ether oxygens (including phenoxy) is 2. The Bertz CT molecular complexity index is 509. The number of rotatable bonds is 1. The fraction of sp³-hybridized carbons (Fsp3) is 0.250. The predicted molar refractivity (Wildman–Crippen MR) is 77.1 cm³/mol. The van der Waals surface area contributed by atoms with Gasteiger partial charge in [-0.3, -0.25) is 9.59 Å². The second-order valence-electron chi connectivity index (χ2n) is 4.44. The number of hydrogen-bond donors (Lipinski definition) is 0. The molecule has 0 aromatic rings. The molecule has 0 amide bonds. The lowest BCUT2D eigenvalue weighted by Crippen LogP contribution is -2.18. The van der Waals surface area contributed by atoms with Crippen LogP contribution in [0, 0.1) is 11.8 Å². The Morgan fingerprint density at radius 1 is 0.818 bits per heavy atom. The molecular formula is C16H16O6. The van der Waals surface area contributed by atoms with E-state index in [0.29, 0.717) is 12.8 Å². The Kier molecular flexibility index (Phi) is 6.69. The van der Waals surface area contributed by atoms with Crippen molar-refractivity contribution >= 4 is 23.9 Å². The van der Waals surface area contributed by atoms with Crippen LogP contribution in [-0.2, 0) is 28.7 Å². The van der Waals surface area contributed by atoms with Gasteiger partial charge in [0.15, 0.2) is 0 Å². The third-order valence-corrected chi connectivity index (χ3v) is 2.96. The normalized spacial score (nSPS) is 24.2. The van der Waals surface area contributed by atoms with Crippen LogP contribution >= 0.6 is 0 Å². The molecule has 6 heteroatoms. The van der Waals surface area contributed by atoms with Gasteiger partial charge in [-0.1, -0.05) is 37.5 Å². The van der Waals surface area contributed by atoms with Crippen molar-refractivity contribution in [2.45, 2.75) is 12.8 Å². The first-order valence-corrected chi connectivity index (χ1v) is 6.57. The van der Waals surface area contributed by atoms with Gasteiger partial charge in [-0.2, -0.15) is 0 Å². The first-order chi connectivity index (χ1) is 10.5. The molecular weight excluding hydrogens is 288 g/mol. The maximum absolute atomic E-state index is 10.9.